The Morgan fingerprint density at radius 3 is 2.25 bits per heavy atom. The van der Waals surface area contributed by atoms with Crippen LogP contribution in [-0.2, 0) is 17.8 Å². The molecule has 3 aliphatic rings. The molecule has 5 rings (SSSR count). The Morgan fingerprint density at radius 2 is 1.58 bits per heavy atom. The number of halogens is 3. The van der Waals surface area contributed by atoms with Crippen LogP contribution in [0.2, 0.25) is 0 Å². The van der Waals surface area contributed by atoms with Crippen molar-refractivity contribution in [3.8, 4) is 0 Å². The standard InChI is InChI=1S/C29H36F3N3O/c30-29(31,32)26(24-7-2-1-3-8-24)27(28(36)34-16-15-33-18-21-10-11-21)35(19-22-12-13-22)17-14-23-6-4-5-9-25(23)20-35/h1-9,21-22,26-27,33H,10-20H2/p+1. The van der Waals surface area contributed by atoms with Crippen molar-refractivity contribution in [2.45, 2.75) is 56.8 Å². The lowest BCUT2D eigenvalue weighted by Gasteiger charge is -2.49. The molecule has 3 atom stereocenters. The van der Waals surface area contributed by atoms with E-state index in [1.165, 1.54) is 30.5 Å². The zero-order valence-electron chi connectivity index (χ0n) is 20.8. The minimum absolute atomic E-state index is 0.169. The predicted octanol–water partition coefficient (Wildman–Crippen LogP) is 4.80. The van der Waals surface area contributed by atoms with E-state index < -0.39 is 24.0 Å². The number of quaternary nitrogens is 1. The number of nitrogens with one attached hydrogen (secondary N) is 2. The molecule has 2 aromatic rings. The fourth-order valence-electron chi connectivity index (χ4n) is 5.97. The first-order valence-electron chi connectivity index (χ1n) is 13.4. The van der Waals surface area contributed by atoms with Crippen LogP contribution in [0.1, 0.15) is 48.3 Å². The number of benzene rings is 2. The van der Waals surface area contributed by atoms with Gasteiger partial charge in [0.05, 0.1) is 13.1 Å². The zero-order valence-corrected chi connectivity index (χ0v) is 20.8. The third-order valence-corrected chi connectivity index (χ3v) is 8.17. The number of carbonyl (C=O) groups is 1. The van der Waals surface area contributed by atoms with E-state index in [1.807, 2.05) is 18.2 Å². The minimum atomic E-state index is -4.54. The van der Waals surface area contributed by atoms with Gasteiger partial charge in [-0.1, -0.05) is 54.6 Å². The fraction of sp³-hybridized carbons (Fsp3) is 0.552. The molecule has 0 bridgehead atoms. The van der Waals surface area contributed by atoms with Crippen LogP contribution >= 0.6 is 0 Å². The van der Waals surface area contributed by atoms with Gasteiger partial charge in [-0.2, -0.15) is 13.2 Å². The van der Waals surface area contributed by atoms with Gasteiger partial charge >= 0.3 is 6.18 Å². The molecule has 0 aromatic heterocycles. The molecule has 2 N–H and O–H groups in total. The van der Waals surface area contributed by atoms with E-state index in [1.54, 1.807) is 18.2 Å². The second-order valence-electron chi connectivity index (χ2n) is 11.1. The summed E-state index contributed by atoms with van der Waals surface area (Å²) in [6.07, 6.45) is 0.670. The second kappa shape index (κ2) is 10.5. The molecule has 3 unspecified atom stereocenters. The van der Waals surface area contributed by atoms with Crippen LogP contribution in [0.5, 0.6) is 0 Å². The quantitative estimate of drug-likeness (QED) is 0.344. The van der Waals surface area contributed by atoms with Crippen molar-refractivity contribution in [2.75, 3.05) is 32.7 Å². The number of hydrogen-bond donors (Lipinski definition) is 2. The van der Waals surface area contributed by atoms with Crippen LogP contribution in [0.4, 0.5) is 13.2 Å². The highest BCUT2D eigenvalue weighted by molar-refractivity contribution is 5.82. The topological polar surface area (TPSA) is 41.1 Å². The Kier molecular flexibility index (Phi) is 7.40. The van der Waals surface area contributed by atoms with Crippen LogP contribution in [0.3, 0.4) is 0 Å². The number of fused-ring (bicyclic) bond motifs is 1. The summed E-state index contributed by atoms with van der Waals surface area (Å²) in [6.45, 7) is 3.44. The zero-order chi connectivity index (χ0) is 25.2. The lowest BCUT2D eigenvalue weighted by molar-refractivity contribution is -0.961. The molecule has 2 saturated carbocycles. The second-order valence-corrected chi connectivity index (χ2v) is 11.1. The van der Waals surface area contributed by atoms with E-state index in [0.717, 1.165) is 24.9 Å². The molecule has 2 aromatic carbocycles. The highest BCUT2D eigenvalue weighted by Crippen LogP contribution is 2.46. The van der Waals surface area contributed by atoms with Crippen LogP contribution in [0.25, 0.3) is 0 Å². The largest absolute Gasteiger partial charge is 0.402 e. The van der Waals surface area contributed by atoms with E-state index in [0.29, 0.717) is 51.0 Å². The average Bonchev–Trinajstić information content (AvgIpc) is 3.79. The molecule has 2 aliphatic carbocycles. The van der Waals surface area contributed by atoms with Crippen molar-refractivity contribution in [3.63, 3.8) is 0 Å². The smallest absolute Gasteiger partial charge is 0.350 e. The first-order chi connectivity index (χ1) is 17.4. The molecular formula is C29H37F3N3O+. The molecule has 1 amide bonds. The van der Waals surface area contributed by atoms with Gasteiger partial charge in [-0.25, -0.2) is 0 Å². The van der Waals surface area contributed by atoms with Crippen LogP contribution < -0.4 is 10.6 Å². The highest BCUT2D eigenvalue weighted by Gasteiger charge is 2.59. The van der Waals surface area contributed by atoms with Gasteiger partial charge in [-0.3, -0.25) is 4.79 Å². The van der Waals surface area contributed by atoms with Gasteiger partial charge in [0.1, 0.15) is 12.5 Å². The molecule has 36 heavy (non-hydrogen) atoms. The van der Waals surface area contributed by atoms with Gasteiger partial charge in [0.2, 0.25) is 0 Å². The first kappa shape index (κ1) is 25.3. The van der Waals surface area contributed by atoms with Crippen molar-refractivity contribution in [3.05, 3.63) is 71.3 Å². The highest BCUT2D eigenvalue weighted by atomic mass is 19.4. The summed E-state index contributed by atoms with van der Waals surface area (Å²) in [5.41, 5.74) is 2.43. The SMILES string of the molecule is O=C(NCCNCC1CC1)C(C(c1ccccc1)C(F)(F)F)[N+]1(CC2CC2)CCc2ccccc2C1. The lowest BCUT2D eigenvalue weighted by atomic mass is 9.84. The van der Waals surface area contributed by atoms with E-state index in [2.05, 4.69) is 16.7 Å². The Hall–Kier alpha value is -2.38. The molecule has 2 fully saturated rings. The molecule has 0 spiro atoms. The van der Waals surface area contributed by atoms with E-state index in [9.17, 15) is 18.0 Å². The van der Waals surface area contributed by atoms with Crippen molar-refractivity contribution in [1.82, 2.24) is 10.6 Å². The minimum Gasteiger partial charge on any atom is -0.350 e. The third-order valence-electron chi connectivity index (χ3n) is 8.17. The maximum absolute atomic E-state index is 14.9. The van der Waals surface area contributed by atoms with Crippen LogP contribution in [-0.4, -0.2) is 55.3 Å². The molecule has 194 valence electrons. The predicted molar refractivity (Wildman–Crippen MR) is 134 cm³/mol. The summed E-state index contributed by atoms with van der Waals surface area (Å²) in [7, 11) is 0. The Labute approximate surface area is 211 Å². The molecule has 7 heteroatoms. The number of nitrogens with zero attached hydrogens (tertiary/aromatic N) is 1. The Balaban J connectivity index is 1.49. The number of hydrogen-bond acceptors (Lipinski definition) is 2. The fourth-order valence-corrected chi connectivity index (χ4v) is 5.97. The van der Waals surface area contributed by atoms with E-state index in [4.69, 9.17) is 0 Å². The van der Waals surface area contributed by atoms with E-state index >= 15 is 0 Å². The van der Waals surface area contributed by atoms with Crippen LogP contribution in [0.15, 0.2) is 54.6 Å². The van der Waals surface area contributed by atoms with Crippen molar-refractivity contribution in [1.29, 1.82) is 0 Å². The normalized spacial score (nSPS) is 23.5. The number of carbonyl (C=O) groups excluding carboxylic acids is 1. The van der Waals surface area contributed by atoms with Crippen molar-refractivity contribution >= 4 is 5.91 Å². The van der Waals surface area contributed by atoms with Gasteiger partial charge in [0.15, 0.2) is 6.04 Å². The summed E-state index contributed by atoms with van der Waals surface area (Å²) in [5.74, 6) is -1.24. The van der Waals surface area contributed by atoms with Crippen molar-refractivity contribution < 1.29 is 22.4 Å². The van der Waals surface area contributed by atoms with Gasteiger partial charge < -0.3 is 15.1 Å². The monoisotopic (exact) mass is 500 g/mol. The number of alkyl halides is 3. The Bertz CT molecular complexity index is 1040. The molecule has 1 aliphatic heterocycles. The maximum atomic E-state index is 14.9. The van der Waals surface area contributed by atoms with Gasteiger partial charge in [-0.15, -0.1) is 0 Å². The third kappa shape index (κ3) is 5.94. The number of amides is 1. The summed E-state index contributed by atoms with van der Waals surface area (Å²) in [6, 6.07) is 14.9. The molecule has 1 heterocycles. The molecule has 4 nitrogen and oxygen atoms in total. The van der Waals surface area contributed by atoms with Gasteiger partial charge in [0, 0.05) is 31.0 Å². The molecule has 0 saturated heterocycles. The maximum Gasteiger partial charge on any atom is 0.402 e. The molecule has 0 radical (unpaired) electrons. The summed E-state index contributed by atoms with van der Waals surface area (Å²) in [5, 5.41) is 6.26. The number of rotatable bonds is 11. The Morgan fingerprint density at radius 1 is 0.917 bits per heavy atom. The van der Waals surface area contributed by atoms with Gasteiger partial charge in [0.25, 0.3) is 5.91 Å². The van der Waals surface area contributed by atoms with Crippen LogP contribution in [0, 0.1) is 11.8 Å². The summed E-state index contributed by atoms with van der Waals surface area (Å²) >= 11 is 0. The molecular weight excluding hydrogens is 463 g/mol. The lowest BCUT2D eigenvalue weighted by Crippen LogP contribution is -2.67. The summed E-state index contributed by atoms with van der Waals surface area (Å²) in [4.78, 5) is 13.9. The first-order valence-corrected chi connectivity index (χ1v) is 13.4. The van der Waals surface area contributed by atoms with Gasteiger partial charge in [-0.05, 0) is 49.3 Å². The average molecular weight is 501 g/mol. The summed E-state index contributed by atoms with van der Waals surface area (Å²) < 4.78 is 44.9. The van der Waals surface area contributed by atoms with E-state index in [-0.39, 0.29) is 10.0 Å². The van der Waals surface area contributed by atoms with Crippen molar-refractivity contribution in [2.24, 2.45) is 11.8 Å².